The summed E-state index contributed by atoms with van der Waals surface area (Å²) in [7, 11) is 0. The number of carbonyl (C=O) groups is 1. The zero-order valence-electron chi connectivity index (χ0n) is 15.2. The maximum Gasteiger partial charge on any atom is 0.255 e. The third-order valence-electron chi connectivity index (χ3n) is 4.83. The van der Waals surface area contributed by atoms with Crippen molar-refractivity contribution in [1.82, 2.24) is 9.88 Å². The zero-order valence-corrected chi connectivity index (χ0v) is 16.8. The van der Waals surface area contributed by atoms with Crippen LogP contribution in [0.3, 0.4) is 0 Å². The molecule has 0 N–H and O–H groups in total. The number of nitriles is 1. The maximum absolute atomic E-state index is 12.8. The summed E-state index contributed by atoms with van der Waals surface area (Å²) in [5.74, 6) is 0.917. The first kappa shape index (κ1) is 18.4. The van der Waals surface area contributed by atoms with Crippen molar-refractivity contribution in [2.45, 2.75) is 20.8 Å². The van der Waals surface area contributed by atoms with Gasteiger partial charge in [-0.3, -0.25) is 4.79 Å². The van der Waals surface area contributed by atoms with E-state index in [1.165, 1.54) is 5.56 Å². The minimum Gasteiger partial charge on any atom is -0.353 e. The van der Waals surface area contributed by atoms with Gasteiger partial charge in [0, 0.05) is 36.3 Å². The Balaban J connectivity index is 1.74. The fraction of sp³-hybridized carbons (Fsp3) is 0.350. The number of aromatic nitrogens is 1. The van der Waals surface area contributed by atoms with Gasteiger partial charge in [-0.15, -0.1) is 0 Å². The number of aryl methyl sites for hydroxylation is 3. The predicted octanol–water partition coefficient (Wildman–Crippen LogP) is 3.60. The first-order valence-corrected chi connectivity index (χ1v) is 9.38. The van der Waals surface area contributed by atoms with Crippen molar-refractivity contribution in [3.05, 3.63) is 56.7 Å². The van der Waals surface area contributed by atoms with E-state index in [0.29, 0.717) is 24.2 Å². The first-order valence-electron chi connectivity index (χ1n) is 8.59. The molecule has 0 aliphatic carbocycles. The lowest BCUT2D eigenvalue weighted by atomic mass is 10.1. The molecule has 5 nitrogen and oxygen atoms in total. The molecule has 6 heteroatoms. The van der Waals surface area contributed by atoms with E-state index >= 15 is 0 Å². The lowest BCUT2D eigenvalue weighted by Crippen LogP contribution is -2.49. The second-order valence-corrected chi connectivity index (χ2v) is 7.53. The highest BCUT2D eigenvalue weighted by atomic mass is 79.9. The molecule has 2 aromatic rings. The summed E-state index contributed by atoms with van der Waals surface area (Å²) < 4.78 is 0.798. The number of nitrogens with zero attached hydrogens (tertiary/aromatic N) is 4. The minimum absolute atomic E-state index is 0.0848. The van der Waals surface area contributed by atoms with Crippen LogP contribution in [0.1, 0.15) is 32.7 Å². The summed E-state index contributed by atoms with van der Waals surface area (Å²) in [5, 5.41) is 9.30. The van der Waals surface area contributed by atoms with Gasteiger partial charge in [-0.25, -0.2) is 4.98 Å². The minimum atomic E-state index is -0.0848. The lowest BCUT2D eigenvalue weighted by molar-refractivity contribution is 0.0746. The number of benzene rings is 1. The van der Waals surface area contributed by atoms with E-state index in [-0.39, 0.29) is 5.91 Å². The third-order valence-corrected chi connectivity index (χ3v) is 5.32. The van der Waals surface area contributed by atoms with E-state index in [0.717, 1.165) is 34.6 Å². The van der Waals surface area contributed by atoms with Crippen molar-refractivity contribution in [2.75, 3.05) is 31.1 Å². The monoisotopic (exact) mass is 412 g/mol. The number of carbonyl (C=O) groups excluding carboxylic acids is 1. The number of hydrogen-bond donors (Lipinski definition) is 0. The average molecular weight is 413 g/mol. The van der Waals surface area contributed by atoms with Gasteiger partial charge in [-0.1, -0.05) is 22.0 Å². The molecule has 1 aromatic heterocycles. The van der Waals surface area contributed by atoms with Crippen LogP contribution in [0.5, 0.6) is 0 Å². The van der Waals surface area contributed by atoms with Gasteiger partial charge >= 0.3 is 0 Å². The summed E-state index contributed by atoms with van der Waals surface area (Å²) in [6.07, 6.45) is 0. The highest BCUT2D eigenvalue weighted by molar-refractivity contribution is 9.10. The van der Waals surface area contributed by atoms with Gasteiger partial charge in [0.2, 0.25) is 0 Å². The van der Waals surface area contributed by atoms with Crippen LogP contribution in [0, 0.1) is 32.1 Å². The van der Waals surface area contributed by atoms with Crippen LogP contribution >= 0.6 is 15.9 Å². The summed E-state index contributed by atoms with van der Waals surface area (Å²) in [6.45, 7) is 8.88. The number of halogens is 1. The summed E-state index contributed by atoms with van der Waals surface area (Å²) in [4.78, 5) is 21.6. The first-order chi connectivity index (χ1) is 12.4. The lowest BCUT2D eigenvalue weighted by Gasteiger charge is -2.36. The van der Waals surface area contributed by atoms with E-state index in [2.05, 4.69) is 46.8 Å². The largest absolute Gasteiger partial charge is 0.353 e. The summed E-state index contributed by atoms with van der Waals surface area (Å²) in [5.41, 5.74) is 4.26. The van der Waals surface area contributed by atoms with Crippen LogP contribution in [0.2, 0.25) is 0 Å². The quantitative estimate of drug-likeness (QED) is 0.755. The van der Waals surface area contributed by atoms with Crippen molar-refractivity contribution in [1.29, 1.82) is 5.26 Å². The molecular weight excluding hydrogens is 392 g/mol. The van der Waals surface area contributed by atoms with Gasteiger partial charge in [0.25, 0.3) is 5.91 Å². The molecule has 0 spiro atoms. The second kappa shape index (κ2) is 7.46. The van der Waals surface area contributed by atoms with Crippen molar-refractivity contribution in [3.8, 4) is 6.07 Å². The van der Waals surface area contributed by atoms with Gasteiger partial charge in [0.05, 0.1) is 17.2 Å². The number of amides is 1. The van der Waals surface area contributed by atoms with Crippen molar-refractivity contribution >= 4 is 27.7 Å². The second-order valence-electron chi connectivity index (χ2n) is 6.61. The molecular formula is C20H21BrN4O. The molecule has 0 bridgehead atoms. The molecule has 1 aliphatic heterocycles. The number of piperazine rings is 1. The number of pyridine rings is 1. The number of rotatable bonds is 2. The molecule has 2 heterocycles. The van der Waals surface area contributed by atoms with E-state index in [1.807, 2.05) is 11.8 Å². The summed E-state index contributed by atoms with van der Waals surface area (Å²) in [6, 6.07) is 9.47. The average Bonchev–Trinajstić information content (AvgIpc) is 2.64. The standard InChI is InChI=1S/C20H21BrN4O/c1-13-10-14(2)19(23-15(13)3)24-6-8-25(9-7-24)20(26)18-5-4-17(21)11-16(18)12-22/h4-5,10-11H,6-9H2,1-3H3. The molecule has 1 saturated heterocycles. The van der Waals surface area contributed by atoms with Gasteiger partial charge in [0.1, 0.15) is 5.82 Å². The Hall–Kier alpha value is -2.39. The van der Waals surface area contributed by atoms with E-state index in [1.54, 1.807) is 18.2 Å². The molecule has 3 rings (SSSR count). The van der Waals surface area contributed by atoms with Gasteiger partial charge in [-0.05, 0) is 50.1 Å². The Labute approximate surface area is 162 Å². The summed E-state index contributed by atoms with van der Waals surface area (Å²) >= 11 is 3.34. The van der Waals surface area contributed by atoms with Crippen LogP contribution in [-0.4, -0.2) is 42.0 Å². The molecule has 0 unspecified atom stereocenters. The van der Waals surface area contributed by atoms with Crippen LogP contribution in [0.15, 0.2) is 28.7 Å². The van der Waals surface area contributed by atoms with Gasteiger partial charge in [-0.2, -0.15) is 5.26 Å². The van der Waals surface area contributed by atoms with Crippen LogP contribution in [0.25, 0.3) is 0 Å². The molecule has 1 fully saturated rings. The smallest absolute Gasteiger partial charge is 0.255 e. The van der Waals surface area contributed by atoms with E-state index < -0.39 is 0 Å². The molecule has 1 aliphatic rings. The van der Waals surface area contributed by atoms with Crippen LogP contribution in [-0.2, 0) is 0 Å². The molecule has 0 saturated carbocycles. The van der Waals surface area contributed by atoms with E-state index in [9.17, 15) is 10.1 Å². The molecule has 1 amide bonds. The normalized spacial score (nSPS) is 14.3. The molecule has 0 radical (unpaired) electrons. The predicted molar refractivity (Wildman–Crippen MR) is 105 cm³/mol. The highest BCUT2D eigenvalue weighted by Crippen LogP contribution is 2.23. The van der Waals surface area contributed by atoms with Gasteiger partial charge in [0.15, 0.2) is 0 Å². The number of hydrogen-bond acceptors (Lipinski definition) is 4. The zero-order chi connectivity index (χ0) is 18.8. The molecule has 0 atom stereocenters. The van der Waals surface area contributed by atoms with E-state index in [4.69, 9.17) is 4.98 Å². The fourth-order valence-corrected chi connectivity index (χ4v) is 3.60. The Morgan fingerprint density at radius 3 is 2.46 bits per heavy atom. The fourth-order valence-electron chi connectivity index (χ4n) is 3.24. The molecule has 134 valence electrons. The van der Waals surface area contributed by atoms with Crippen molar-refractivity contribution in [2.24, 2.45) is 0 Å². The highest BCUT2D eigenvalue weighted by Gasteiger charge is 2.25. The number of anilines is 1. The Kier molecular flexibility index (Phi) is 5.28. The van der Waals surface area contributed by atoms with Crippen LogP contribution in [0.4, 0.5) is 5.82 Å². The molecule has 1 aromatic carbocycles. The Morgan fingerprint density at radius 2 is 1.81 bits per heavy atom. The van der Waals surface area contributed by atoms with Gasteiger partial charge < -0.3 is 9.80 Å². The Morgan fingerprint density at radius 1 is 1.12 bits per heavy atom. The third kappa shape index (κ3) is 3.58. The van der Waals surface area contributed by atoms with Crippen molar-refractivity contribution < 1.29 is 4.79 Å². The SMILES string of the molecule is Cc1cc(C)c(N2CCN(C(=O)c3ccc(Br)cc3C#N)CC2)nc1C. The van der Waals surface area contributed by atoms with Crippen LogP contribution < -0.4 is 4.90 Å². The topological polar surface area (TPSA) is 60.2 Å². The molecule has 26 heavy (non-hydrogen) atoms. The maximum atomic E-state index is 12.8. The van der Waals surface area contributed by atoms with Crippen molar-refractivity contribution in [3.63, 3.8) is 0 Å². The Bertz CT molecular complexity index is 895.